The quantitative estimate of drug-likeness (QED) is 0.434. The molecule has 4 heterocycles. The number of pyridine rings is 2. The minimum atomic E-state index is 0.586. The van der Waals surface area contributed by atoms with Crippen LogP contribution >= 0.6 is 11.3 Å². The third-order valence-corrected chi connectivity index (χ3v) is 5.31. The lowest BCUT2D eigenvalue weighted by molar-refractivity contribution is 1.10. The van der Waals surface area contributed by atoms with Crippen LogP contribution in [-0.2, 0) is 6.54 Å². The zero-order valence-corrected chi connectivity index (χ0v) is 15.1. The lowest BCUT2D eigenvalue weighted by Gasteiger charge is -2.10. The summed E-state index contributed by atoms with van der Waals surface area (Å²) in [6, 6.07) is 14.3. The molecule has 5 rings (SSSR count). The summed E-state index contributed by atoms with van der Waals surface area (Å²) in [5.74, 6) is 0.820. The number of hydrogen-bond donors (Lipinski definition) is 3. The topological polar surface area (TPSA) is 92.5 Å². The van der Waals surface area contributed by atoms with Gasteiger partial charge in [-0.3, -0.25) is 4.98 Å². The van der Waals surface area contributed by atoms with Crippen LogP contribution in [0.3, 0.4) is 0 Å². The van der Waals surface area contributed by atoms with Gasteiger partial charge in [0.25, 0.3) is 0 Å². The first-order valence-corrected chi connectivity index (χ1v) is 9.35. The van der Waals surface area contributed by atoms with Crippen molar-refractivity contribution in [1.29, 1.82) is 0 Å². The normalized spacial score (nSPS) is 11.3. The molecule has 0 fully saturated rings. The highest BCUT2D eigenvalue weighted by Gasteiger charge is 2.11. The molecule has 4 N–H and O–H groups in total. The minimum absolute atomic E-state index is 0.586. The molecule has 5 aromatic rings. The van der Waals surface area contributed by atoms with Gasteiger partial charge in [0, 0.05) is 30.5 Å². The van der Waals surface area contributed by atoms with Gasteiger partial charge in [0.05, 0.1) is 10.2 Å². The van der Waals surface area contributed by atoms with Gasteiger partial charge < -0.3 is 16.0 Å². The number of aromatic amines is 1. The van der Waals surface area contributed by atoms with E-state index in [9.17, 15) is 0 Å². The summed E-state index contributed by atoms with van der Waals surface area (Å²) in [6.07, 6.45) is 5.50. The highest BCUT2D eigenvalue weighted by molar-refractivity contribution is 7.22. The van der Waals surface area contributed by atoms with Crippen LogP contribution in [-0.4, -0.2) is 19.9 Å². The van der Waals surface area contributed by atoms with Crippen molar-refractivity contribution in [3.8, 4) is 11.1 Å². The SMILES string of the molecule is Nc1nc2ccc(-c3cc(NCc4ccncc4)nc4[nH]ccc34)cc2s1. The number of aromatic nitrogens is 4. The fourth-order valence-electron chi connectivity index (χ4n) is 3.17. The van der Waals surface area contributed by atoms with Gasteiger partial charge in [-0.05, 0) is 53.1 Å². The number of thiazole rings is 1. The van der Waals surface area contributed by atoms with Gasteiger partial charge in [0.15, 0.2) is 5.13 Å². The Kier molecular flexibility index (Phi) is 3.72. The van der Waals surface area contributed by atoms with E-state index in [0.717, 1.165) is 43.8 Å². The minimum Gasteiger partial charge on any atom is -0.375 e. The Morgan fingerprint density at radius 3 is 2.81 bits per heavy atom. The van der Waals surface area contributed by atoms with E-state index in [1.165, 1.54) is 11.3 Å². The maximum absolute atomic E-state index is 5.85. The first kappa shape index (κ1) is 15.8. The maximum Gasteiger partial charge on any atom is 0.181 e. The molecule has 0 saturated heterocycles. The number of nitrogen functional groups attached to an aromatic ring is 1. The van der Waals surface area contributed by atoms with Gasteiger partial charge in [0.2, 0.25) is 0 Å². The fraction of sp³-hybridized carbons (Fsp3) is 0.0500. The molecule has 132 valence electrons. The number of nitrogens with zero attached hydrogens (tertiary/aromatic N) is 3. The van der Waals surface area contributed by atoms with E-state index in [-0.39, 0.29) is 0 Å². The van der Waals surface area contributed by atoms with Crippen molar-refractivity contribution in [2.24, 2.45) is 0 Å². The molecule has 0 aliphatic carbocycles. The molecular formula is C20H16N6S. The van der Waals surface area contributed by atoms with E-state index in [0.29, 0.717) is 11.7 Å². The van der Waals surface area contributed by atoms with Crippen LogP contribution in [0.1, 0.15) is 5.56 Å². The summed E-state index contributed by atoms with van der Waals surface area (Å²) in [4.78, 5) is 16.3. The van der Waals surface area contributed by atoms with Crippen molar-refractivity contribution in [2.75, 3.05) is 11.1 Å². The summed E-state index contributed by atoms with van der Waals surface area (Å²) in [5.41, 5.74) is 11.0. The van der Waals surface area contributed by atoms with E-state index >= 15 is 0 Å². The number of nitrogens with one attached hydrogen (secondary N) is 2. The van der Waals surface area contributed by atoms with Gasteiger partial charge in [-0.1, -0.05) is 17.4 Å². The molecular weight excluding hydrogens is 356 g/mol. The zero-order valence-electron chi connectivity index (χ0n) is 14.3. The van der Waals surface area contributed by atoms with Gasteiger partial charge in [-0.25, -0.2) is 9.97 Å². The predicted octanol–water partition coefficient (Wildman–Crippen LogP) is 4.43. The van der Waals surface area contributed by atoms with Crippen molar-refractivity contribution in [1.82, 2.24) is 19.9 Å². The molecule has 0 aliphatic rings. The van der Waals surface area contributed by atoms with Crippen LogP contribution in [0.5, 0.6) is 0 Å². The third-order valence-electron chi connectivity index (χ3n) is 4.47. The van der Waals surface area contributed by atoms with Crippen LogP contribution in [0.4, 0.5) is 10.9 Å². The summed E-state index contributed by atoms with van der Waals surface area (Å²) >= 11 is 1.50. The van der Waals surface area contributed by atoms with Crippen LogP contribution in [0.2, 0.25) is 0 Å². The predicted molar refractivity (Wildman–Crippen MR) is 111 cm³/mol. The Morgan fingerprint density at radius 2 is 1.93 bits per heavy atom. The van der Waals surface area contributed by atoms with Crippen molar-refractivity contribution in [3.63, 3.8) is 0 Å². The van der Waals surface area contributed by atoms with Crippen molar-refractivity contribution < 1.29 is 0 Å². The first-order valence-electron chi connectivity index (χ1n) is 8.53. The molecule has 0 saturated carbocycles. The van der Waals surface area contributed by atoms with E-state index in [1.54, 1.807) is 12.4 Å². The van der Waals surface area contributed by atoms with E-state index in [1.807, 2.05) is 24.4 Å². The monoisotopic (exact) mass is 372 g/mol. The lowest BCUT2D eigenvalue weighted by Crippen LogP contribution is -2.02. The summed E-state index contributed by atoms with van der Waals surface area (Å²) in [6.45, 7) is 0.686. The highest BCUT2D eigenvalue weighted by Crippen LogP contribution is 2.34. The number of rotatable bonds is 4. The number of fused-ring (bicyclic) bond motifs is 2. The molecule has 1 aromatic carbocycles. The molecule has 0 atom stereocenters. The van der Waals surface area contributed by atoms with Crippen molar-refractivity contribution >= 4 is 43.5 Å². The maximum atomic E-state index is 5.85. The number of H-pyrrole nitrogens is 1. The van der Waals surface area contributed by atoms with Gasteiger partial charge >= 0.3 is 0 Å². The van der Waals surface area contributed by atoms with Crippen molar-refractivity contribution in [3.05, 3.63) is 66.6 Å². The molecule has 7 heteroatoms. The number of benzene rings is 1. The van der Waals surface area contributed by atoms with E-state index in [2.05, 4.69) is 44.5 Å². The molecule has 6 nitrogen and oxygen atoms in total. The van der Waals surface area contributed by atoms with Crippen LogP contribution < -0.4 is 11.1 Å². The second-order valence-electron chi connectivity index (χ2n) is 6.24. The Bertz CT molecular complexity index is 1240. The molecule has 4 aromatic heterocycles. The first-order chi connectivity index (χ1) is 13.3. The second kappa shape index (κ2) is 6.37. The van der Waals surface area contributed by atoms with Crippen LogP contribution in [0.25, 0.3) is 32.4 Å². The summed E-state index contributed by atoms with van der Waals surface area (Å²) in [7, 11) is 0. The highest BCUT2D eigenvalue weighted by atomic mass is 32.1. The van der Waals surface area contributed by atoms with Gasteiger partial charge in [0.1, 0.15) is 11.5 Å². The number of hydrogen-bond acceptors (Lipinski definition) is 6. The van der Waals surface area contributed by atoms with Crippen molar-refractivity contribution in [2.45, 2.75) is 6.54 Å². The van der Waals surface area contributed by atoms with Gasteiger partial charge in [-0.2, -0.15) is 0 Å². The fourth-order valence-corrected chi connectivity index (χ4v) is 3.94. The Balaban J connectivity index is 1.56. The van der Waals surface area contributed by atoms with E-state index in [4.69, 9.17) is 10.7 Å². The smallest absolute Gasteiger partial charge is 0.181 e. The van der Waals surface area contributed by atoms with Gasteiger partial charge in [-0.15, -0.1) is 0 Å². The van der Waals surface area contributed by atoms with E-state index < -0.39 is 0 Å². The number of anilines is 2. The summed E-state index contributed by atoms with van der Waals surface area (Å²) in [5, 5.41) is 5.08. The molecule has 0 unspecified atom stereocenters. The molecule has 0 amide bonds. The molecule has 0 bridgehead atoms. The Hall–Kier alpha value is -3.45. The molecule has 27 heavy (non-hydrogen) atoms. The summed E-state index contributed by atoms with van der Waals surface area (Å²) < 4.78 is 1.08. The Morgan fingerprint density at radius 1 is 1.04 bits per heavy atom. The third kappa shape index (κ3) is 2.98. The molecule has 0 radical (unpaired) electrons. The lowest BCUT2D eigenvalue weighted by atomic mass is 10.0. The largest absolute Gasteiger partial charge is 0.375 e. The zero-order chi connectivity index (χ0) is 18.2. The standard InChI is InChI=1S/C20H16N6S/c21-20-25-16-2-1-13(9-17(16)27-20)15-10-18(26-19-14(15)5-8-23-19)24-11-12-3-6-22-7-4-12/h1-10H,11H2,(H2,21,25)(H2,23,24,26). The van der Waals surface area contributed by atoms with Crippen LogP contribution in [0.15, 0.2) is 61.1 Å². The number of nitrogens with two attached hydrogens (primary N) is 1. The molecule has 0 aliphatic heterocycles. The average Bonchev–Trinajstić information content (AvgIpc) is 3.31. The second-order valence-corrected chi connectivity index (χ2v) is 7.30. The molecule has 0 spiro atoms. The average molecular weight is 372 g/mol. The van der Waals surface area contributed by atoms with Crippen LogP contribution in [0, 0.1) is 0 Å². The Labute approximate surface area is 159 Å².